The number of rotatable bonds is 7. The number of hydrogen-bond acceptors (Lipinski definition) is 4. The minimum absolute atomic E-state index is 0.0569. The second-order valence-electron chi connectivity index (χ2n) is 7.34. The van der Waals surface area contributed by atoms with Gasteiger partial charge in [-0.2, -0.15) is 10.2 Å². The molecule has 0 saturated carbocycles. The summed E-state index contributed by atoms with van der Waals surface area (Å²) in [5.41, 5.74) is -0.767. The topological polar surface area (TPSA) is 77.6 Å². The molecule has 34 heavy (non-hydrogen) atoms. The van der Waals surface area contributed by atoms with Gasteiger partial charge in [-0.05, 0) is 24.6 Å². The minimum atomic E-state index is -3.07. The molecule has 0 atom stereocenters. The molecule has 1 N–H and O–H groups in total. The molecule has 0 bridgehead atoms. The number of carbonyl (C=O) groups excluding carboxylic acids is 1. The van der Waals surface area contributed by atoms with Crippen LogP contribution < -0.4 is 5.32 Å². The largest absolute Gasteiger partial charge is 0.306 e. The third kappa shape index (κ3) is 4.85. The molecular formula is C21H16Cl2F4N6O. The molecule has 0 unspecified atom stereocenters. The Hall–Kier alpha value is -3.18. The van der Waals surface area contributed by atoms with Crippen LogP contribution >= 0.6 is 23.2 Å². The van der Waals surface area contributed by atoms with Gasteiger partial charge in [0.15, 0.2) is 11.5 Å². The highest BCUT2D eigenvalue weighted by Crippen LogP contribution is 2.32. The zero-order valence-corrected chi connectivity index (χ0v) is 19.0. The lowest BCUT2D eigenvalue weighted by Crippen LogP contribution is -2.20. The highest BCUT2D eigenvalue weighted by atomic mass is 35.5. The van der Waals surface area contributed by atoms with Crippen molar-refractivity contribution in [3.8, 4) is 0 Å². The van der Waals surface area contributed by atoms with E-state index in [1.165, 1.54) is 17.8 Å². The van der Waals surface area contributed by atoms with E-state index in [0.29, 0.717) is 17.6 Å². The second kappa shape index (κ2) is 9.59. The van der Waals surface area contributed by atoms with Gasteiger partial charge in [0.1, 0.15) is 17.3 Å². The third-order valence-electron chi connectivity index (χ3n) is 4.94. The van der Waals surface area contributed by atoms with E-state index in [0.717, 1.165) is 10.2 Å². The maximum Gasteiger partial charge on any atom is 0.280 e. The number of carbonyl (C=O) groups is 1. The van der Waals surface area contributed by atoms with E-state index in [-0.39, 0.29) is 27.6 Å². The number of hydrogen-bond donors (Lipinski definition) is 1. The van der Waals surface area contributed by atoms with Crippen LogP contribution in [0.2, 0.25) is 10.0 Å². The van der Waals surface area contributed by atoms with Crippen LogP contribution in [0.3, 0.4) is 0 Å². The molecule has 0 fully saturated rings. The van der Waals surface area contributed by atoms with Crippen molar-refractivity contribution in [3.63, 3.8) is 0 Å². The molecule has 3 aromatic heterocycles. The number of benzene rings is 1. The monoisotopic (exact) mass is 514 g/mol. The second-order valence-corrected chi connectivity index (χ2v) is 8.16. The van der Waals surface area contributed by atoms with Crippen molar-refractivity contribution in [1.82, 2.24) is 24.5 Å². The zero-order valence-electron chi connectivity index (χ0n) is 17.4. The van der Waals surface area contributed by atoms with E-state index in [9.17, 15) is 22.4 Å². The lowest BCUT2D eigenvalue weighted by molar-refractivity contribution is -0.116. The highest BCUT2D eigenvalue weighted by Gasteiger charge is 2.24. The minimum Gasteiger partial charge on any atom is -0.306 e. The smallest absolute Gasteiger partial charge is 0.280 e. The molecule has 0 saturated heterocycles. The van der Waals surface area contributed by atoms with Crippen molar-refractivity contribution in [3.05, 3.63) is 69.1 Å². The number of aromatic nitrogens is 5. The summed E-state index contributed by atoms with van der Waals surface area (Å²) in [5.74, 6) is -0.599. The standard InChI is InChI=1S/C21H16Cl2F4N6O/c1-10-17-12(18(24)25)6-15(19(26)27)28-21(17)33(30-10)9-16(34)29-20-14(23)8-32(31-20)7-11-4-2-3-5-13(11)22/h2-6,8,18-19H,7,9H2,1H3,(H,29,31,34). The Bertz CT molecular complexity index is 1370. The number of alkyl halides is 4. The normalized spacial score (nSPS) is 11.7. The number of halogens is 6. The van der Waals surface area contributed by atoms with E-state index >= 15 is 0 Å². The van der Waals surface area contributed by atoms with Crippen LogP contribution in [0, 0.1) is 6.92 Å². The van der Waals surface area contributed by atoms with Crippen LogP contribution in [0.25, 0.3) is 11.0 Å². The van der Waals surface area contributed by atoms with Crippen molar-refractivity contribution in [1.29, 1.82) is 0 Å². The summed E-state index contributed by atoms with van der Waals surface area (Å²) in [6.45, 7) is 1.25. The molecule has 4 aromatic rings. The van der Waals surface area contributed by atoms with E-state index in [4.69, 9.17) is 23.2 Å². The van der Waals surface area contributed by atoms with Gasteiger partial charge in [0.05, 0.1) is 17.6 Å². The van der Waals surface area contributed by atoms with Crippen LogP contribution in [0.5, 0.6) is 0 Å². The first-order valence-corrected chi connectivity index (χ1v) is 10.6. The Balaban J connectivity index is 1.57. The lowest BCUT2D eigenvalue weighted by atomic mass is 10.1. The lowest BCUT2D eigenvalue weighted by Gasteiger charge is -2.08. The predicted molar refractivity (Wildman–Crippen MR) is 119 cm³/mol. The first-order chi connectivity index (χ1) is 16.1. The molecule has 3 heterocycles. The van der Waals surface area contributed by atoms with Crippen LogP contribution in [0.4, 0.5) is 23.4 Å². The molecular weight excluding hydrogens is 499 g/mol. The average Bonchev–Trinajstić information content (AvgIpc) is 3.27. The molecule has 0 spiro atoms. The number of nitrogens with zero attached hydrogens (tertiary/aromatic N) is 5. The van der Waals surface area contributed by atoms with E-state index in [1.807, 2.05) is 12.1 Å². The van der Waals surface area contributed by atoms with Crippen LogP contribution in [-0.2, 0) is 17.9 Å². The van der Waals surface area contributed by atoms with E-state index < -0.39 is 36.6 Å². The number of fused-ring (bicyclic) bond motifs is 1. The van der Waals surface area contributed by atoms with E-state index in [2.05, 4.69) is 20.5 Å². The maximum atomic E-state index is 13.5. The summed E-state index contributed by atoms with van der Waals surface area (Å²) in [6, 6.07) is 7.81. The molecule has 1 amide bonds. The summed E-state index contributed by atoms with van der Waals surface area (Å²) in [6.07, 6.45) is -4.59. The first-order valence-electron chi connectivity index (χ1n) is 9.84. The number of pyridine rings is 1. The summed E-state index contributed by atoms with van der Waals surface area (Å²) in [4.78, 5) is 16.4. The molecule has 0 aliphatic heterocycles. The molecule has 1 aromatic carbocycles. The summed E-state index contributed by atoms with van der Waals surface area (Å²) < 4.78 is 55.9. The number of nitrogens with one attached hydrogen (secondary N) is 1. The Labute approximate surface area is 200 Å². The predicted octanol–water partition coefficient (Wildman–Crippen LogP) is 5.81. The zero-order chi connectivity index (χ0) is 24.6. The Morgan fingerprint density at radius 1 is 1.09 bits per heavy atom. The van der Waals surface area contributed by atoms with Gasteiger partial charge in [-0.3, -0.25) is 9.48 Å². The van der Waals surface area contributed by atoms with Crippen LogP contribution in [-0.4, -0.2) is 30.5 Å². The molecule has 0 aliphatic rings. The average molecular weight is 515 g/mol. The Morgan fingerprint density at radius 3 is 2.50 bits per heavy atom. The summed E-state index contributed by atoms with van der Waals surface area (Å²) >= 11 is 12.3. The molecule has 0 aliphatic carbocycles. The van der Waals surface area contributed by atoms with Crippen molar-refractivity contribution >= 4 is 46.0 Å². The molecule has 178 valence electrons. The summed E-state index contributed by atoms with van der Waals surface area (Å²) in [7, 11) is 0. The van der Waals surface area contributed by atoms with Gasteiger partial charge < -0.3 is 5.32 Å². The van der Waals surface area contributed by atoms with E-state index in [1.54, 1.807) is 12.1 Å². The van der Waals surface area contributed by atoms with Gasteiger partial charge in [-0.15, -0.1) is 0 Å². The number of amides is 1. The van der Waals surface area contributed by atoms with Crippen molar-refractivity contribution < 1.29 is 22.4 Å². The summed E-state index contributed by atoms with van der Waals surface area (Å²) in [5, 5.41) is 11.4. The van der Waals surface area contributed by atoms with Crippen LogP contribution in [0.15, 0.2) is 36.5 Å². The number of aryl methyl sites for hydroxylation is 1. The fourth-order valence-corrected chi connectivity index (χ4v) is 3.87. The Morgan fingerprint density at radius 2 is 1.82 bits per heavy atom. The molecule has 13 heteroatoms. The highest BCUT2D eigenvalue weighted by molar-refractivity contribution is 6.33. The van der Waals surface area contributed by atoms with Gasteiger partial charge in [-0.25, -0.2) is 27.2 Å². The van der Waals surface area contributed by atoms with Gasteiger partial charge in [0.2, 0.25) is 5.91 Å². The van der Waals surface area contributed by atoms with Gasteiger partial charge in [-0.1, -0.05) is 41.4 Å². The quantitative estimate of drug-likeness (QED) is 0.316. The first kappa shape index (κ1) is 24.0. The van der Waals surface area contributed by atoms with Gasteiger partial charge in [0, 0.05) is 16.8 Å². The maximum absolute atomic E-state index is 13.5. The van der Waals surface area contributed by atoms with Crippen molar-refractivity contribution in [2.24, 2.45) is 0 Å². The van der Waals surface area contributed by atoms with Gasteiger partial charge in [0.25, 0.3) is 12.9 Å². The fourth-order valence-electron chi connectivity index (χ4n) is 3.47. The molecule has 7 nitrogen and oxygen atoms in total. The Kier molecular flexibility index (Phi) is 6.76. The fraction of sp³-hybridized carbons (Fsp3) is 0.238. The SMILES string of the molecule is Cc1nn(CC(=O)Nc2nn(Cc3ccccc3Cl)cc2Cl)c2nc(C(F)F)cc(C(F)F)c12. The van der Waals surface area contributed by atoms with Crippen molar-refractivity contribution in [2.75, 3.05) is 5.32 Å². The molecule has 0 radical (unpaired) electrons. The third-order valence-corrected chi connectivity index (χ3v) is 5.59. The number of anilines is 1. The van der Waals surface area contributed by atoms with Crippen LogP contribution in [0.1, 0.15) is 35.4 Å². The van der Waals surface area contributed by atoms with Gasteiger partial charge >= 0.3 is 0 Å². The van der Waals surface area contributed by atoms with Crippen molar-refractivity contribution in [2.45, 2.75) is 32.9 Å². The molecule has 4 rings (SSSR count).